The minimum Gasteiger partial charge on any atom is -0.343 e. The third-order valence-electron chi connectivity index (χ3n) is 5.44. The topological polar surface area (TPSA) is 60.6 Å². The van der Waals surface area contributed by atoms with Crippen LogP contribution in [0.25, 0.3) is 16.6 Å². The zero-order valence-corrected chi connectivity index (χ0v) is 19.5. The van der Waals surface area contributed by atoms with E-state index in [0.717, 1.165) is 46.8 Å². The first-order chi connectivity index (χ1) is 16.3. The lowest BCUT2D eigenvalue weighted by atomic mass is 10.2. The van der Waals surface area contributed by atoms with Crippen LogP contribution >= 0.6 is 23.4 Å². The van der Waals surface area contributed by atoms with Crippen LogP contribution in [0, 0.1) is 0 Å². The number of tetrazole rings is 1. The van der Waals surface area contributed by atoms with Gasteiger partial charge in [0.1, 0.15) is 0 Å². The third-order valence-corrected chi connectivity index (χ3v) is 6.73. The number of hydrogen-bond acceptors (Lipinski definition) is 5. The molecule has 0 aliphatic rings. The van der Waals surface area contributed by atoms with E-state index in [9.17, 15) is 0 Å². The van der Waals surface area contributed by atoms with Crippen LogP contribution in [0.15, 0.2) is 90.2 Å². The summed E-state index contributed by atoms with van der Waals surface area (Å²) in [5.74, 6) is 0.867. The number of aromatic nitrogens is 5. The first-order valence-corrected chi connectivity index (χ1v) is 12.1. The maximum atomic E-state index is 6.40. The van der Waals surface area contributed by atoms with Crippen LogP contribution in [0.3, 0.4) is 0 Å². The minimum atomic E-state index is 0.748. The molecule has 33 heavy (non-hydrogen) atoms. The first-order valence-electron chi connectivity index (χ1n) is 10.8. The largest absolute Gasteiger partial charge is 0.343 e. The van der Waals surface area contributed by atoms with Gasteiger partial charge in [-0.1, -0.05) is 78.0 Å². The summed E-state index contributed by atoms with van der Waals surface area (Å²) >= 11 is 8.04. The normalized spacial score (nSPS) is 11.3. The zero-order valence-electron chi connectivity index (χ0n) is 17.9. The van der Waals surface area contributed by atoms with Gasteiger partial charge in [-0.15, -0.1) is 5.10 Å². The fourth-order valence-corrected chi connectivity index (χ4v) is 4.83. The summed E-state index contributed by atoms with van der Waals surface area (Å²) in [6.45, 7) is 2.38. The van der Waals surface area contributed by atoms with Crippen molar-refractivity contribution in [1.29, 1.82) is 0 Å². The van der Waals surface area contributed by atoms with E-state index in [0.29, 0.717) is 0 Å². The molecule has 166 valence electrons. The van der Waals surface area contributed by atoms with E-state index in [1.54, 1.807) is 16.4 Å². The van der Waals surface area contributed by atoms with Gasteiger partial charge in [0.15, 0.2) is 0 Å². The van der Waals surface area contributed by atoms with E-state index < -0.39 is 0 Å². The molecule has 5 rings (SSSR count). The molecule has 2 heterocycles. The van der Waals surface area contributed by atoms with Crippen LogP contribution in [0.5, 0.6) is 0 Å². The molecular weight excluding hydrogens is 452 g/mol. The van der Waals surface area contributed by atoms with Gasteiger partial charge in [-0.05, 0) is 45.8 Å². The number of fused-ring (bicyclic) bond motifs is 1. The van der Waals surface area contributed by atoms with Crippen molar-refractivity contribution in [1.82, 2.24) is 30.1 Å². The van der Waals surface area contributed by atoms with E-state index in [1.165, 1.54) is 16.5 Å². The molecule has 0 atom stereocenters. The Balaban J connectivity index is 1.21. The van der Waals surface area contributed by atoms with Crippen LogP contribution in [0.4, 0.5) is 0 Å². The Hall–Kier alpha value is -3.13. The molecule has 0 amide bonds. The van der Waals surface area contributed by atoms with Gasteiger partial charge < -0.3 is 9.88 Å². The van der Waals surface area contributed by atoms with Gasteiger partial charge in [0.25, 0.3) is 0 Å². The number of thioether (sulfide) groups is 1. The number of nitrogens with one attached hydrogen (secondary N) is 1. The molecule has 0 fully saturated rings. The van der Waals surface area contributed by atoms with Crippen molar-refractivity contribution < 1.29 is 0 Å². The van der Waals surface area contributed by atoms with Crippen molar-refractivity contribution in [2.24, 2.45) is 0 Å². The Morgan fingerprint density at radius 3 is 2.55 bits per heavy atom. The quantitative estimate of drug-likeness (QED) is 0.235. The Labute approximate surface area is 201 Å². The Morgan fingerprint density at radius 2 is 1.67 bits per heavy atom. The standard InChI is InChI=1S/C25H23ClN6S/c26-23-12-6-4-8-19(23)17-31-18-20(22-11-5-7-13-24(22)31)16-27-14-15-33-25-28-29-30-32(25)21-9-2-1-3-10-21/h1-13,18,27H,14-17H2. The molecular formula is C25H23ClN6S. The summed E-state index contributed by atoms with van der Waals surface area (Å²) in [6, 6.07) is 26.5. The average molecular weight is 475 g/mol. The number of benzene rings is 3. The molecule has 5 aromatic rings. The monoisotopic (exact) mass is 474 g/mol. The Morgan fingerprint density at radius 1 is 0.879 bits per heavy atom. The molecule has 3 aromatic carbocycles. The van der Waals surface area contributed by atoms with Gasteiger partial charge in [-0.25, -0.2) is 0 Å². The van der Waals surface area contributed by atoms with Crippen molar-refractivity contribution in [3.63, 3.8) is 0 Å². The Kier molecular flexibility index (Phi) is 6.71. The highest BCUT2D eigenvalue weighted by Gasteiger charge is 2.11. The van der Waals surface area contributed by atoms with E-state index >= 15 is 0 Å². The predicted octanol–water partition coefficient (Wildman–Crippen LogP) is 5.20. The van der Waals surface area contributed by atoms with Crippen LogP contribution in [0.1, 0.15) is 11.1 Å². The summed E-state index contributed by atoms with van der Waals surface area (Å²) in [7, 11) is 0. The van der Waals surface area contributed by atoms with Crippen LogP contribution in [-0.4, -0.2) is 37.1 Å². The molecule has 0 saturated heterocycles. The maximum absolute atomic E-state index is 6.40. The van der Waals surface area contributed by atoms with Crippen molar-refractivity contribution in [3.8, 4) is 5.69 Å². The molecule has 0 radical (unpaired) electrons. The molecule has 1 N–H and O–H groups in total. The van der Waals surface area contributed by atoms with Gasteiger partial charge >= 0.3 is 0 Å². The number of nitrogens with zero attached hydrogens (tertiary/aromatic N) is 5. The van der Waals surface area contributed by atoms with Crippen LogP contribution in [-0.2, 0) is 13.1 Å². The van der Waals surface area contributed by atoms with Crippen LogP contribution < -0.4 is 5.32 Å². The highest BCUT2D eigenvalue weighted by molar-refractivity contribution is 7.99. The fourth-order valence-electron chi connectivity index (χ4n) is 3.84. The fraction of sp³-hybridized carbons (Fsp3) is 0.160. The summed E-state index contributed by atoms with van der Waals surface area (Å²) < 4.78 is 4.04. The first kappa shape index (κ1) is 21.7. The molecule has 2 aromatic heterocycles. The van der Waals surface area contributed by atoms with Crippen molar-refractivity contribution in [2.45, 2.75) is 18.2 Å². The summed E-state index contributed by atoms with van der Waals surface area (Å²) in [5, 5.41) is 18.5. The van der Waals surface area contributed by atoms with E-state index in [-0.39, 0.29) is 0 Å². The van der Waals surface area contributed by atoms with Gasteiger partial charge in [0, 0.05) is 47.5 Å². The van der Waals surface area contributed by atoms with E-state index in [4.69, 9.17) is 11.6 Å². The second-order valence-corrected chi connectivity index (χ2v) is 9.09. The average Bonchev–Trinajstić information content (AvgIpc) is 3.46. The highest BCUT2D eigenvalue weighted by Crippen LogP contribution is 2.24. The summed E-state index contributed by atoms with van der Waals surface area (Å²) in [4.78, 5) is 0. The predicted molar refractivity (Wildman–Crippen MR) is 134 cm³/mol. The lowest BCUT2D eigenvalue weighted by Gasteiger charge is -2.07. The minimum absolute atomic E-state index is 0.748. The van der Waals surface area contributed by atoms with Gasteiger partial charge in [-0.2, -0.15) is 4.68 Å². The SMILES string of the molecule is Clc1ccccc1Cn1cc(CNCCSc2nnnn2-c2ccccc2)c2ccccc21. The van der Waals surface area contributed by atoms with Gasteiger partial charge in [0.05, 0.1) is 5.69 Å². The number of para-hydroxylation sites is 2. The second-order valence-electron chi connectivity index (χ2n) is 7.62. The van der Waals surface area contributed by atoms with E-state index in [2.05, 4.69) is 61.9 Å². The second kappa shape index (κ2) is 10.2. The molecule has 0 bridgehead atoms. The number of halogens is 1. The molecule has 8 heteroatoms. The number of rotatable bonds is 9. The molecule has 0 aliphatic carbocycles. The number of hydrogen-bond donors (Lipinski definition) is 1. The molecule has 0 saturated carbocycles. The molecule has 6 nitrogen and oxygen atoms in total. The lowest BCUT2D eigenvalue weighted by molar-refractivity contribution is 0.725. The van der Waals surface area contributed by atoms with Crippen molar-refractivity contribution >= 4 is 34.3 Å². The Bertz CT molecular complexity index is 1350. The van der Waals surface area contributed by atoms with Crippen LogP contribution in [0.2, 0.25) is 5.02 Å². The van der Waals surface area contributed by atoms with E-state index in [1.807, 2.05) is 48.5 Å². The van der Waals surface area contributed by atoms with Crippen molar-refractivity contribution in [3.05, 3.63) is 101 Å². The molecule has 0 aliphatic heterocycles. The smallest absolute Gasteiger partial charge is 0.214 e. The highest BCUT2D eigenvalue weighted by atomic mass is 35.5. The summed E-state index contributed by atoms with van der Waals surface area (Å²) in [6.07, 6.45) is 2.23. The lowest BCUT2D eigenvalue weighted by Crippen LogP contribution is -2.16. The van der Waals surface area contributed by atoms with Gasteiger partial charge in [-0.3, -0.25) is 0 Å². The third kappa shape index (κ3) is 4.95. The maximum Gasteiger partial charge on any atom is 0.214 e. The zero-order chi connectivity index (χ0) is 22.5. The summed E-state index contributed by atoms with van der Waals surface area (Å²) in [5.41, 5.74) is 4.57. The van der Waals surface area contributed by atoms with Crippen molar-refractivity contribution in [2.75, 3.05) is 12.3 Å². The molecule has 0 spiro atoms. The van der Waals surface area contributed by atoms with Gasteiger partial charge in [0.2, 0.25) is 5.16 Å². The molecule has 0 unspecified atom stereocenters.